The lowest BCUT2D eigenvalue weighted by Gasteiger charge is -2.33. The van der Waals surface area contributed by atoms with E-state index in [1.807, 2.05) is 0 Å². The number of carbonyl (C=O) groups excluding carboxylic acids is 1. The Morgan fingerprint density at radius 3 is 2.95 bits per heavy atom. The molecule has 1 aliphatic carbocycles. The normalized spacial score (nSPS) is 18.3. The third-order valence-corrected chi connectivity index (χ3v) is 5.52. The van der Waals surface area contributed by atoms with Gasteiger partial charge in [0.25, 0.3) is 5.91 Å². The van der Waals surface area contributed by atoms with Crippen LogP contribution in [0.4, 0.5) is 5.82 Å². The van der Waals surface area contributed by atoms with Crippen molar-refractivity contribution < 1.29 is 4.79 Å². The van der Waals surface area contributed by atoms with Crippen LogP contribution >= 0.6 is 11.3 Å². The summed E-state index contributed by atoms with van der Waals surface area (Å²) in [4.78, 5) is 14.4. The van der Waals surface area contributed by atoms with Crippen molar-refractivity contribution in [3.8, 4) is 0 Å². The van der Waals surface area contributed by atoms with Gasteiger partial charge in [0.1, 0.15) is 5.82 Å². The zero-order valence-corrected chi connectivity index (χ0v) is 13.5. The van der Waals surface area contributed by atoms with Gasteiger partial charge >= 0.3 is 0 Å². The molecule has 112 valence electrons. The molecule has 1 aliphatic rings. The molecule has 0 fully saturated rings. The van der Waals surface area contributed by atoms with Gasteiger partial charge in [0, 0.05) is 10.9 Å². The minimum Gasteiger partial charge on any atom is -0.306 e. The predicted molar refractivity (Wildman–Crippen MR) is 85.8 cm³/mol. The number of nitrogens with zero attached hydrogens (tertiary/aromatic N) is 1. The number of anilines is 1. The molecule has 0 aromatic carbocycles. The number of nitrogens with one attached hydrogen (secondary N) is 2. The van der Waals surface area contributed by atoms with E-state index < -0.39 is 0 Å². The molecule has 0 saturated carbocycles. The topological polar surface area (TPSA) is 57.8 Å². The molecule has 0 saturated heterocycles. The highest BCUT2D eigenvalue weighted by Crippen LogP contribution is 2.40. The molecule has 2 aromatic heterocycles. The predicted octanol–water partition coefficient (Wildman–Crippen LogP) is 3.87. The van der Waals surface area contributed by atoms with Gasteiger partial charge in [-0.05, 0) is 42.2 Å². The van der Waals surface area contributed by atoms with Crippen LogP contribution in [0, 0.1) is 11.3 Å². The van der Waals surface area contributed by atoms with Crippen LogP contribution in [-0.2, 0) is 12.8 Å². The minimum atomic E-state index is -0.0500. The van der Waals surface area contributed by atoms with Gasteiger partial charge in [-0.25, -0.2) is 0 Å². The lowest BCUT2D eigenvalue weighted by molar-refractivity contribution is 0.103. The number of aromatic amines is 1. The zero-order chi connectivity index (χ0) is 15.0. The molecule has 2 N–H and O–H groups in total. The number of hydrogen-bond donors (Lipinski definition) is 2. The van der Waals surface area contributed by atoms with Crippen molar-refractivity contribution in [2.45, 2.75) is 40.0 Å². The summed E-state index contributed by atoms with van der Waals surface area (Å²) in [6, 6.07) is 3.82. The Morgan fingerprint density at radius 1 is 1.48 bits per heavy atom. The first-order valence-electron chi connectivity index (χ1n) is 7.36. The van der Waals surface area contributed by atoms with Crippen LogP contribution in [0.1, 0.15) is 47.3 Å². The van der Waals surface area contributed by atoms with Crippen LogP contribution in [0.3, 0.4) is 0 Å². The summed E-state index contributed by atoms with van der Waals surface area (Å²) in [5, 5.41) is 9.43. The van der Waals surface area contributed by atoms with E-state index in [4.69, 9.17) is 0 Å². The molecule has 0 radical (unpaired) electrons. The Balaban J connectivity index is 1.76. The maximum atomic E-state index is 12.3. The maximum absolute atomic E-state index is 12.3. The number of amides is 1. The van der Waals surface area contributed by atoms with Gasteiger partial charge < -0.3 is 5.32 Å². The average molecular weight is 303 g/mol. The van der Waals surface area contributed by atoms with Crippen molar-refractivity contribution >= 4 is 23.1 Å². The van der Waals surface area contributed by atoms with Crippen LogP contribution in [0.2, 0.25) is 0 Å². The molecule has 0 bridgehead atoms. The summed E-state index contributed by atoms with van der Waals surface area (Å²) < 4.78 is 0. The van der Waals surface area contributed by atoms with Gasteiger partial charge in [0.15, 0.2) is 0 Å². The van der Waals surface area contributed by atoms with Crippen molar-refractivity contribution in [3.63, 3.8) is 0 Å². The molecule has 21 heavy (non-hydrogen) atoms. The molecule has 0 spiro atoms. The Morgan fingerprint density at radius 2 is 2.29 bits per heavy atom. The SMILES string of the molecule is CC(C)(C)[C@H]1CCc2sc(C(=O)Nc3ccn[nH]3)cc2C1. The molecule has 4 nitrogen and oxygen atoms in total. The zero-order valence-electron chi connectivity index (χ0n) is 12.7. The lowest BCUT2D eigenvalue weighted by Crippen LogP contribution is -2.26. The fraction of sp³-hybridized carbons (Fsp3) is 0.500. The summed E-state index contributed by atoms with van der Waals surface area (Å²) in [6.45, 7) is 6.92. The Kier molecular flexibility index (Phi) is 3.61. The molecular formula is C16H21N3OS. The summed E-state index contributed by atoms with van der Waals surface area (Å²) in [5.74, 6) is 1.29. The number of carbonyl (C=O) groups is 1. The van der Waals surface area contributed by atoms with Crippen molar-refractivity contribution in [2.75, 3.05) is 5.32 Å². The number of hydrogen-bond acceptors (Lipinski definition) is 3. The van der Waals surface area contributed by atoms with Gasteiger partial charge in [-0.2, -0.15) is 5.10 Å². The second kappa shape index (κ2) is 5.30. The molecule has 3 rings (SSSR count). The number of H-pyrrole nitrogens is 1. The lowest BCUT2D eigenvalue weighted by atomic mass is 9.72. The monoisotopic (exact) mass is 303 g/mol. The number of fused-ring (bicyclic) bond motifs is 1. The van der Waals surface area contributed by atoms with E-state index in [0.717, 1.165) is 17.7 Å². The minimum absolute atomic E-state index is 0.0500. The Hall–Kier alpha value is -1.62. The van der Waals surface area contributed by atoms with E-state index in [2.05, 4.69) is 42.4 Å². The van der Waals surface area contributed by atoms with Crippen LogP contribution < -0.4 is 5.32 Å². The van der Waals surface area contributed by atoms with E-state index in [1.54, 1.807) is 23.6 Å². The molecule has 5 heteroatoms. The first-order valence-corrected chi connectivity index (χ1v) is 8.17. The van der Waals surface area contributed by atoms with Crippen molar-refractivity contribution in [2.24, 2.45) is 11.3 Å². The van der Waals surface area contributed by atoms with E-state index in [9.17, 15) is 4.79 Å². The highest BCUT2D eigenvalue weighted by molar-refractivity contribution is 7.14. The summed E-state index contributed by atoms with van der Waals surface area (Å²) in [7, 11) is 0. The van der Waals surface area contributed by atoms with Gasteiger partial charge in [-0.1, -0.05) is 20.8 Å². The van der Waals surface area contributed by atoms with E-state index in [0.29, 0.717) is 17.2 Å². The van der Waals surface area contributed by atoms with Gasteiger partial charge in [0.05, 0.1) is 11.1 Å². The van der Waals surface area contributed by atoms with Crippen LogP contribution in [0.15, 0.2) is 18.3 Å². The van der Waals surface area contributed by atoms with Crippen LogP contribution in [0.5, 0.6) is 0 Å². The van der Waals surface area contributed by atoms with Crippen LogP contribution in [-0.4, -0.2) is 16.1 Å². The number of rotatable bonds is 2. The number of aromatic nitrogens is 2. The highest BCUT2D eigenvalue weighted by atomic mass is 32.1. The molecule has 1 atom stereocenters. The number of thiophene rings is 1. The first-order chi connectivity index (χ1) is 9.93. The largest absolute Gasteiger partial charge is 0.306 e. The molecule has 1 amide bonds. The average Bonchev–Trinajstić information content (AvgIpc) is 3.04. The fourth-order valence-corrected chi connectivity index (χ4v) is 3.99. The van der Waals surface area contributed by atoms with Gasteiger partial charge in [-0.15, -0.1) is 11.3 Å². The van der Waals surface area contributed by atoms with Gasteiger partial charge in [0.2, 0.25) is 0 Å². The van der Waals surface area contributed by atoms with E-state index in [-0.39, 0.29) is 5.91 Å². The van der Waals surface area contributed by atoms with E-state index in [1.165, 1.54) is 16.9 Å². The van der Waals surface area contributed by atoms with Crippen molar-refractivity contribution in [3.05, 3.63) is 33.6 Å². The van der Waals surface area contributed by atoms with Crippen LogP contribution in [0.25, 0.3) is 0 Å². The molecular weight excluding hydrogens is 282 g/mol. The Labute approximate surface area is 129 Å². The third kappa shape index (κ3) is 3.02. The third-order valence-electron chi connectivity index (χ3n) is 4.28. The molecule has 2 heterocycles. The highest BCUT2D eigenvalue weighted by Gasteiger charge is 2.30. The standard InChI is InChI=1S/C16H21N3OS/c1-16(2,3)11-4-5-12-10(8-11)9-13(21-12)15(20)18-14-6-7-17-19-14/h6-7,9,11H,4-5,8H2,1-3H3,(H2,17,18,19,20)/t11-/m0/s1. The fourth-order valence-electron chi connectivity index (χ4n) is 2.88. The molecule has 2 aromatic rings. The Bertz CT molecular complexity index is 637. The second-order valence-corrected chi connectivity index (χ2v) is 7.93. The first kappa shape index (κ1) is 14.3. The molecule has 0 unspecified atom stereocenters. The number of aryl methyl sites for hydroxylation is 1. The second-order valence-electron chi connectivity index (χ2n) is 6.79. The summed E-state index contributed by atoms with van der Waals surface area (Å²) >= 11 is 1.63. The molecule has 0 aliphatic heterocycles. The quantitative estimate of drug-likeness (QED) is 0.884. The summed E-state index contributed by atoms with van der Waals surface area (Å²) in [6.07, 6.45) is 5.04. The van der Waals surface area contributed by atoms with Crippen molar-refractivity contribution in [1.82, 2.24) is 10.2 Å². The van der Waals surface area contributed by atoms with Crippen molar-refractivity contribution in [1.29, 1.82) is 0 Å². The van der Waals surface area contributed by atoms with Gasteiger partial charge in [-0.3, -0.25) is 9.89 Å². The smallest absolute Gasteiger partial charge is 0.266 e. The summed E-state index contributed by atoms with van der Waals surface area (Å²) in [5.41, 5.74) is 1.69. The maximum Gasteiger partial charge on any atom is 0.266 e. The van der Waals surface area contributed by atoms with E-state index >= 15 is 0 Å².